The van der Waals surface area contributed by atoms with Gasteiger partial charge in [0.05, 0.1) is 0 Å². The molecular weight excluding hydrogens is 252 g/mol. The van der Waals surface area contributed by atoms with Crippen LogP contribution in [-0.4, -0.2) is 16.7 Å². The third-order valence-corrected chi connectivity index (χ3v) is 2.49. The lowest BCUT2D eigenvalue weighted by atomic mass is 10.1. The summed E-state index contributed by atoms with van der Waals surface area (Å²) < 4.78 is 31.2. The summed E-state index contributed by atoms with van der Waals surface area (Å²) in [6, 6.07) is 3.73. The molecule has 2 aromatic rings. The second-order valence-corrected chi connectivity index (χ2v) is 4.70. The molecular formula is C13H15F2N3O. The number of rotatable bonds is 5. The monoisotopic (exact) mass is 267 g/mol. The minimum atomic E-state index is -0.610. The van der Waals surface area contributed by atoms with E-state index in [2.05, 4.69) is 29.3 Å². The van der Waals surface area contributed by atoms with Gasteiger partial charge in [-0.2, -0.15) is 4.98 Å². The van der Waals surface area contributed by atoms with Gasteiger partial charge in [0.1, 0.15) is 11.6 Å². The highest BCUT2D eigenvalue weighted by molar-refractivity contribution is 5.24. The first kappa shape index (κ1) is 13.5. The molecule has 0 aliphatic heterocycles. The summed E-state index contributed by atoms with van der Waals surface area (Å²) in [6.07, 6.45) is 0.166. The van der Waals surface area contributed by atoms with Crippen molar-refractivity contribution in [3.63, 3.8) is 0 Å². The van der Waals surface area contributed by atoms with Crippen LogP contribution in [0.2, 0.25) is 0 Å². The lowest BCUT2D eigenvalue weighted by molar-refractivity contribution is 0.421. The van der Waals surface area contributed by atoms with Gasteiger partial charge in [-0.15, -0.1) is 0 Å². The van der Waals surface area contributed by atoms with Gasteiger partial charge in [-0.05, 0) is 17.5 Å². The van der Waals surface area contributed by atoms with Gasteiger partial charge in [0.2, 0.25) is 0 Å². The Morgan fingerprint density at radius 3 is 2.79 bits per heavy atom. The molecule has 1 aromatic carbocycles. The van der Waals surface area contributed by atoms with Gasteiger partial charge in [0.15, 0.2) is 5.82 Å². The summed E-state index contributed by atoms with van der Waals surface area (Å²) in [7, 11) is 0. The van der Waals surface area contributed by atoms with Crippen molar-refractivity contribution < 1.29 is 13.3 Å². The van der Waals surface area contributed by atoms with Gasteiger partial charge in [-0.25, -0.2) is 8.78 Å². The second-order valence-electron chi connectivity index (χ2n) is 4.70. The summed E-state index contributed by atoms with van der Waals surface area (Å²) in [6.45, 7) is 4.82. The lowest BCUT2D eigenvalue weighted by Gasteiger charge is -2.02. The molecule has 1 aromatic heterocycles. The van der Waals surface area contributed by atoms with E-state index in [1.165, 1.54) is 12.1 Å². The summed E-state index contributed by atoms with van der Waals surface area (Å²) in [4.78, 5) is 4.09. The van der Waals surface area contributed by atoms with E-state index >= 15 is 0 Å². The van der Waals surface area contributed by atoms with Crippen LogP contribution in [-0.2, 0) is 6.42 Å². The molecule has 1 N–H and O–H groups in total. The Labute approximate surface area is 109 Å². The molecule has 0 saturated carbocycles. The molecule has 4 nitrogen and oxygen atoms in total. The maximum absolute atomic E-state index is 13.5. The van der Waals surface area contributed by atoms with Crippen LogP contribution in [0.1, 0.15) is 25.2 Å². The zero-order valence-corrected chi connectivity index (χ0v) is 10.8. The fraction of sp³-hybridized carbons (Fsp3) is 0.385. The molecule has 0 unspecified atom stereocenters. The number of nitrogens with zero attached hydrogens (tertiary/aromatic N) is 2. The molecule has 0 radical (unpaired) electrons. The van der Waals surface area contributed by atoms with Crippen LogP contribution in [0.5, 0.6) is 0 Å². The van der Waals surface area contributed by atoms with Crippen LogP contribution in [0, 0.1) is 17.6 Å². The zero-order chi connectivity index (χ0) is 13.8. The summed E-state index contributed by atoms with van der Waals surface area (Å²) in [5.41, 5.74) is 0.331. The molecule has 0 fully saturated rings. The van der Waals surface area contributed by atoms with Crippen LogP contribution < -0.4 is 5.32 Å². The van der Waals surface area contributed by atoms with Crippen molar-refractivity contribution in [2.24, 2.45) is 5.92 Å². The Bertz CT molecular complexity index is 555. The quantitative estimate of drug-likeness (QED) is 0.904. The highest BCUT2D eigenvalue weighted by Crippen LogP contribution is 2.14. The van der Waals surface area contributed by atoms with E-state index in [1.54, 1.807) is 0 Å². The maximum atomic E-state index is 13.5. The molecule has 2 rings (SSSR count). The Kier molecular flexibility index (Phi) is 4.09. The molecule has 0 spiro atoms. The van der Waals surface area contributed by atoms with Gasteiger partial charge in [0, 0.05) is 19.0 Å². The van der Waals surface area contributed by atoms with E-state index in [-0.39, 0.29) is 6.42 Å². The fourth-order valence-corrected chi connectivity index (χ4v) is 1.52. The second kappa shape index (κ2) is 5.77. The predicted molar refractivity (Wildman–Crippen MR) is 66.8 cm³/mol. The standard InChI is InChI=1S/C13H15F2N3O/c1-8(2)7-16-13-17-12(18-19-13)5-9-3-4-10(14)6-11(9)15/h3-4,6,8H,5,7H2,1-2H3,(H,16,17,18). The van der Waals surface area contributed by atoms with Crippen molar-refractivity contribution in [3.8, 4) is 0 Å². The van der Waals surface area contributed by atoms with Crippen LogP contribution in [0.3, 0.4) is 0 Å². The first-order valence-electron chi connectivity index (χ1n) is 6.05. The molecule has 0 saturated heterocycles. The third kappa shape index (κ3) is 3.74. The van der Waals surface area contributed by atoms with Crippen molar-refractivity contribution >= 4 is 6.01 Å². The van der Waals surface area contributed by atoms with Crippen molar-refractivity contribution in [2.75, 3.05) is 11.9 Å². The lowest BCUT2D eigenvalue weighted by Crippen LogP contribution is -2.08. The van der Waals surface area contributed by atoms with E-state index in [4.69, 9.17) is 4.52 Å². The summed E-state index contributed by atoms with van der Waals surface area (Å²) in [5, 5.41) is 6.72. The van der Waals surface area contributed by atoms with Crippen molar-refractivity contribution in [1.29, 1.82) is 0 Å². The number of aromatic nitrogens is 2. The molecule has 6 heteroatoms. The minimum absolute atomic E-state index is 0.166. The SMILES string of the molecule is CC(C)CNc1nc(Cc2ccc(F)cc2F)no1. The normalized spacial score (nSPS) is 11.0. The molecule has 0 aliphatic carbocycles. The van der Waals surface area contributed by atoms with Crippen molar-refractivity contribution in [3.05, 3.63) is 41.2 Å². The first-order chi connectivity index (χ1) is 9.04. The Hall–Kier alpha value is -1.98. The molecule has 19 heavy (non-hydrogen) atoms. The average molecular weight is 267 g/mol. The molecule has 0 atom stereocenters. The Morgan fingerprint density at radius 1 is 1.32 bits per heavy atom. The van der Waals surface area contributed by atoms with E-state index in [0.717, 1.165) is 6.07 Å². The highest BCUT2D eigenvalue weighted by atomic mass is 19.1. The Balaban J connectivity index is 2.03. The smallest absolute Gasteiger partial charge is 0.321 e. The molecule has 1 heterocycles. The van der Waals surface area contributed by atoms with Gasteiger partial charge in [0.25, 0.3) is 0 Å². The Morgan fingerprint density at radius 2 is 2.11 bits per heavy atom. The van der Waals surface area contributed by atoms with Crippen molar-refractivity contribution in [1.82, 2.24) is 10.1 Å². The van der Waals surface area contributed by atoms with Gasteiger partial charge >= 0.3 is 6.01 Å². The molecule has 0 bridgehead atoms. The summed E-state index contributed by atoms with van der Waals surface area (Å²) in [5.74, 6) is -0.406. The van der Waals surface area contributed by atoms with Crippen LogP contribution in [0.4, 0.5) is 14.8 Å². The summed E-state index contributed by atoms with van der Waals surface area (Å²) >= 11 is 0. The average Bonchev–Trinajstić information content (AvgIpc) is 2.78. The third-order valence-electron chi connectivity index (χ3n) is 2.49. The van der Waals surface area contributed by atoms with E-state index in [0.29, 0.717) is 29.9 Å². The van der Waals surface area contributed by atoms with E-state index < -0.39 is 11.6 Å². The fourth-order valence-electron chi connectivity index (χ4n) is 1.52. The molecule has 0 aliphatic rings. The van der Waals surface area contributed by atoms with Gasteiger partial charge in [-0.1, -0.05) is 25.1 Å². The number of anilines is 1. The van der Waals surface area contributed by atoms with E-state index in [1.807, 2.05) is 0 Å². The maximum Gasteiger partial charge on any atom is 0.321 e. The number of hydrogen-bond donors (Lipinski definition) is 1. The number of benzene rings is 1. The minimum Gasteiger partial charge on any atom is -0.338 e. The van der Waals surface area contributed by atoms with Crippen LogP contribution in [0.25, 0.3) is 0 Å². The number of hydrogen-bond acceptors (Lipinski definition) is 4. The number of halogens is 2. The zero-order valence-electron chi connectivity index (χ0n) is 10.8. The van der Waals surface area contributed by atoms with Gasteiger partial charge in [-0.3, -0.25) is 0 Å². The van der Waals surface area contributed by atoms with Crippen LogP contribution >= 0.6 is 0 Å². The van der Waals surface area contributed by atoms with E-state index in [9.17, 15) is 8.78 Å². The molecule has 102 valence electrons. The largest absolute Gasteiger partial charge is 0.338 e. The first-order valence-corrected chi connectivity index (χ1v) is 6.05. The van der Waals surface area contributed by atoms with Crippen LogP contribution in [0.15, 0.2) is 22.7 Å². The predicted octanol–water partition coefficient (Wildman–Crippen LogP) is 3.01. The molecule has 0 amide bonds. The topological polar surface area (TPSA) is 51.0 Å². The van der Waals surface area contributed by atoms with Gasteiger partial charge < -0.3 is 9.84 Å². The highest BCUT2D eigenvalue weighted by Gasteiger charge is 2.10. The number of nitrogens with one attached hydrogen (secondary N) is 1. The van der Waals surface area contributed by atoms with Crippen molar-refractivity contribution in [2.45, 2.75) is 20.3 Å².